The molecule has 0 unspecified atom stereocenters. The molecule has 252 valence electrons. The molecule has 1 saturated carbocycles. The Hall–Kier alpha value is -3.74. The van der Waals surface area contributed by atoms with Gasteiger partial charge in [-0.05, 0) is 65.2 Å². The Labute approximate surface area is 275 Å². The molecule has 1 aliphatic carbocycles. The maximum absolute atomic E-state index is 15.3. The van der Waals surface area contributed by atoms with Crippen LogP contribution in [0, 0.1) is 5.82 Å². The van der Waals surface area contributed by atoms with Gasteiger partial charge < -0.3 is 28.6 Å². The Morgan fingerprint density at radius 3 is 2.34 bits per heavy atom. The zero-order valence-electron chi connectivity index (χ0n) is 28.2. The zero-order chi connectivity index (χ0) is 34.1. The number of hydrogen-bond donors (Lipinski definition) is 1. The van der Waals surface area contributed by atoms with Gasteiger partial charge in [-0.25, -0.2) is 9.18 Å². The first-order valence-corrected chi connectivity index (χ1v) is 16.6. The maximum atomic E-state index is 15.3. The molecular formula is C35H45BFN3O7. The second-order valence-electron chi connectivity index (χ2n) is 13.1. The van der Waals surface area contributed by atoms with Crippen LogP contribution in [0.15, 0.2) is 41.3 Å². The fourth-order valence-corrected chi connectivity index (χ4v) is 6.09. The van der Waals surface area contributed by atoms with Crippen LogP contribution in [0.3, 0.4) is 0 Å². The third-order valence-corrected chi connectivity index (χ3v) is 9.58. The van der Waals surface area contributed by atoms with Gasteiger partial charge in [0.15, 0.2) is 0 Å². The molecule has 0 atom stereocenters. The number of fused-ring (bicyclic) bond motifs is 1. The second kappa shape index (κ2) is 13.8. The molecule has 3 heterocycles. The average Bonchev–Trinajstić information content (AvgIpc) is 3.86. The first-order chi connectivity index (χ1) is 22.4. The zero-order valence-corrected chi connectivity index (χ0v) is 28.2. The number of carbonyl (C=O) groups is 2. The Morgan fingerprint density at radius 1 is 1.09 bits per heavy atom. The van der Waals surface area contributed by atoms with E-state index in [1.807, 2.05) is 57.1 Å². The fourth-order valence-electron chi connectivity index (χ4n) is 6.09. The average molecular weight is 650 g/mol. The lowest BCUT2D eigenvalue weighted by Gasteiger charge is -2.36. The van der Waals surface area contributed by atoms with Crippen molar-refractivity contribution in [1.82, 2.24) is 9.47 Å². The number of carbonyl (C=O) groups excluding carboxylic acids is 1. The van der Waals surface area contributed by atoms with Gasteiger partial charge in [-0.15, -0.1) is 0 Å². The van der Waals surface area contributed by atoms with Gasteiger partial charge in [0.05, 0.1) is 29.0 Å². The van der Waals surface area contributed by atoms with Crippen molar-refractivity contribution in [3.05, 3.63) is 63.7 Å². The maximum Gasteiger partial charge on any atom is 0.499 e. The van der Waals surface area contributed by atoms with Crippen LogP contribution in [0.4, 0.5) is 10.1 Å². The molecule has 2 aromatic carbocycles. The molecule has 1 aromatic heterocycles. The third kappa shape index (κ3) is 6.95. The van der Waals surface area contributed by atoms with Crippen LogP contribution in [0.1, 0.15) is 87.6 Å². The van der Waals surface area contributed by atoms with Crippen molar-refractivity contribution < 1.29 is 33.1 Å². The van der Waals surface area contributed by atoms with Crippen molar-refractivity contribution in [2.45, 2.75) is 78.0 Å². The molecule has 12 heteroatoms. The minimum absolute atomic E-state index is 0.0991. The standard InChI is InChI=1S/C33H39BFN3O7.C2H6/c1-32(2)33(3,4)45-34(44-32)29-21(20-39)7-5-8-28(29)43-16-6-11-36-12-14-37(15-13-36)27-18-26-23(17-25(27)35)30(40)24(31(41)42)19-38(26)22-9-10-22;1-2/h5,7-8,17-20,22H,6,9-16H2,1-4H3,(H,41,42);1-2H3. The topological polar surface area (TPSA) is 111 Å². The van der Waals surface area contributed by atoms with Gasteiger partial charge in [-0.1, -0.05) is 26.0 Å². The number of hydrogen-bond acceptors (Lipinski definition) is 8. The van der Waals surface area contributed by atoms with E-state index in [0.717, 1.165) is 45.2 Å². The number of benzene rings is 2. The van der Waals surface area contributed by atoms with Crippen LogP contribution in [-0.4, -0.2) is 84.5 Å². The molecule has 3 fully saturated rings. The quantitative estimate of drug-likeness (QED) is 0.186. The highest BCUT2D eigenvalue weighted by atomic mass is 19.1. The second-order valence-corrected chi connectivity index (χ2v) is 13.1. The van der Waals surface area contributed by atoms with Crippen LogP contribution in [0.2, 0.25) is 0 Å². The van der Waals surface area contributed by atoms with Crippen LogP contribution in [0.5, 0.6) is 5.75 Å². The Morgan fingerprint density at radius 2 is 1.74 bits per heavy atom. The summed E-state index contributed by atoms with van der Waals surface area (Å²) < 4.78 is 35.8. The molecule has 0 spiro atoms. The van der Waals surface area contributed by atoms with Gasteiger partial charge in [-0.3, -0.25) is 14.5 Å². The Kier molecular flexibility index (Phi) is 10.1. The number of halogens is 1. The van der Waals surface area contributed by atoms with E-state index in [2.05, 4.69) is 4.90 Å². The number of anilines is 1. The van der Waals surface area contributed by atoms with E-state index in [9.17, 15) is 19.5 Å². The largest absolute Gasteiger partial charge is 0.499 e. The van der Waals surface area contributed by atoms with Crippen LogP contribution < -0.4 is 20.5 Å². The predicted molar refractivity (Wildman–Crippen MR) is 181 cm³/mol. The third-order valence-electron chi connectivity index (χ3n) is 9.58. The molecule has 3 aliphatic rings. The highest BCUT2D eigenvalue weighted by Gasteiger charge is 2.53. The molecule has 47 heavy (non-hydrogen) atoms. The number of nitrogens with zero attached hydrogens (tertiary/aromatic N) is 3. The lowest BCUT2D eigenvalue weighted by Crippen LogP contribution is -2.47. The van der Waals surface area contributed by atoms with Crippen LogP contribution >= 0.6 is 0 Å². The first kappa shape index (κ1) is 34.6. The summed E-state index contributed by atoms with van der Waals surface area (Å²) in [6.45, 7) is 15.8. The Bertz CT molecular complexity index is 1680. The van der Waals surface area contributed by atoms with Crippen molar-refractivity contribution in [3.63, 3.8) is 0 Å². The van der Waals surface area contributed by atoms with Gasteiger partial charge in [-0.2, -0.15) is 0 Å². The number of aromatic carboxylic acids is 1. The molecule has 0 bridgehead atoms. The summed E-state index contributed by atoms with van der Waals surface area (Å²) in [5.41, 5.74) is -0.0286. The molecule has 1 N–H and O–H groups in total. The summed E-state index contributed by atoms with van der Waals surface area (Å²) in [6, 6.07) is 8.36. The van der Waals surface area contributed by atoms with Crippen molar-refractivity contribution in [2.24, 2.45) is 0 Å². The minimum Gasteiger partial charge on any atom is -0.494 e. The lowest BCUT2D eigenvalue weighted by atomic mass is 9.75. The van der Waals surface area contributed by atoms with E-state index < -0.39 is 35.5 Å². The van der Waals surface area contributed by atoms with Gasteiger partial charge in [0.2, 0.25) is 5.43 Å². The van der Waals surface area contributed by atoms with Crippen molar-refractivity contribution in [3.8, 4) is 5.75 Å². The number of ether oxygens (including phenoxy) is 1. The van der Waals surface area contributed by atoms with Crippen molar-refractivity contribution in [1.29, 1.82) is 0 Å². The monoisotopic (exact) mass is 649 g/mol. The lowest BCUT2D eigenvalue weighted by molar-refractivity contribution is 0.00578. The molecule has 0 amide bonds. The summed E-state index contributed by atoms with van der Waals surface area (Å²) >= 11 is 0. The number of rotatable bonds is 10. The number of piperazine rings is 1. The molecule has 0 radical (unpaired) electrons. The Balaban J connectivity index is 0.00000213. The number of aldehydes is 1. The summed E-state index contributed by atoms with van der Waals surface area (Å²) in [7, 11) is -0.715. The van der Waals surface area contributed by atoms with Crippen molar-refractivity contribution in [2.75, 3.05) is 44.2 Å². The summed E-state index contributed by atoms with van der Waals surface area (Å²) in [6.07, 6.45) is 4.74. The number of carboxylic acid groups (broad SMARTS) is 1. The highest BCUT2D eigenvalue weighted by Crippen LogP contribution is 2.39. The van der Waals surface area contributed by atoms with Gasteiger partial charge in [0.1, 0.15) is 23.4 Å². The highest BCUT2D eigenvalue weighted by molar-refractivity contribution is 6.64. The summed E-state index contributed by atoms with van der Waals surface area (Å²) in [5.74, 6) is -1.27. The van der Waals surface area contributed by atoms with E-state index in [4.69, 9.17) is 14.0 Å². The summed E-state index contributed by atoms with van der Waals surface area (Å²) in [5, 5.41) is 9.60. The molecule has 2 aliphatic heterocycles. The smallest absolute Gasteiger partial charge is 0.494 e. The van der Waals surface area contributed by atoms with E-state index in [1.165, 1.54) is 12.3 Å². The fraction of sp³-hybridized carbons (Fsp3) is 0.514. The molecule has 3 aromatic rings. The van der Waals surface area contributed by atoms with Gasteiger partial charge in [0.25, 0.3) is 0 Å². The van der Waals surface area contributed by atoms with Crippen molar-refractivity contribution >= 4 is 41.4 Å². The number of pyridine rings is 1. The van der Waals surface area contributed by atoms with Crippen LogP contribution in [0.25, 0.3) is 10.9 Å². The van der Waals surface area contributed by atoms with Crippen LogP contribution in [-0.2, 0) is 9.31 Å². The van der Waals surface area contributed by atoms with E-state index in [1.54, 1.807) is 18.2 Å². The van der Waals surface area contributed by atoms with E-state index >= 15 is 4.39 Å². The van der Waals surface area contributed by atoms with E-state index in [0.29, 0.717) is 47.7 Å². The van der Waals surface area contributed by atoms with Gasteiger partial charge >= 0.3 is 13.1 Å². The SMILES string of the molecule is CC.CC1(C)OB(c2c(C=O)cccc2OCCCN2CCN(c3cc4c(cc3F)c(=O)c(C(=O)O)cn4C3CC3)CC2)OC1(C)C. The molecule has 2 saturated heterocycles. The molecule has 10 nitrogen and oxygen atoms in total. The number of carboxylic acids is 1. The minimum atomic E-state index is -1.30. The van der Waals surface area contributed by atoms with E-state index in [-0.39, 0.29) is 17.0 Å². The van der Waals surface area contributed by atoms with Gasteiger partial charge in [0, 0.05) is 61.4 Å². The number of aromatic nitrogens is 1. The molecular weight excluding hydrogens is 604 g/mol. The first-order valence-electron chi connectivity index (χ1n) is 16.6. The molecule has 6 rings (SSSR count). The normalized spacial score (nSPS) is 19.0. The summed E-state index contributed by atoms with van der Waals surface area (Å²) in [4.78, 5) is 40.6. The predicted octanol–water partition coefficient (Wildman–Crippen LogP) is 4.90.